The second-order valence-electron chi connectivity index (χ2n) is 6.83. The van der Waals surface area contributed by atoms with Gasteiger partial charge in [0.2, 0.25) is 10.0 Å². The molecule has 2 atom stereocenters. The van der Waals surface area contributed by atoms with Gasteiger partial charge < -0.3 is 5.11 Å². The maximum absolute atomic E-state index is 12.7. The van der Waals surface area contributed by atoms with Gasteiger partial charge in [0.15, 0.2) is 0 Å². The van der Waals surface area contributed by atoms with Crippen molar-refractivity contribution in [1.82, 2.24) is 9.21 Å². The zero-order valence-corrected chi connectivity index (χ0v) is 14.6. The fourth-order valence-corrected chi connectivity index (χ4v) is 5.09. The first-order valence-corrected chi connectivity index (χ1v) is 9.88. The molecule has 140 valence electrons. The third-order valence-electron chi connectivity index (χ3n) is 5.29. The molecule has 0 amide bonds. The minimum absolute atomic E-state index is 0.153. The van der Waals surface area contributed by atoms with E-state index < -0.39 is 34.2 Å². The number of hydrogen-bond donors (Lipinski definition) is 1. The molecule has 0 aromatic heterocycles. The molecule has 2 aliphatic rings. The number of nitrogens with zero attached hydrogens (tertiary/aromatic N) is 2. The molecule has 5 nitrogen and oxygen atoms in total. The van der Waals surface area contributed by atoms with Crippen molar-refractivity contribution >= 4 is 10.0 Å². The van der Waals surface area contributed by atoms with Crippen LogP contribution in [-0.4, -0.2) is 73.0 Å². The predicted molar refractivity (Wildman–Crippen MR) is 86.6 cm³/mol. The molecule has 25 heavy (non-hydrogen) atoms. The van der Waals surface area contributed by atoms with E-state index in [2.05, 4.69) is 0 Å². The van der Waals surface area contributed by atoms with Gasteiger partial charge in [-0.2, -0.15) is 17.5 Å². The molecule has 1 aromatic rings. The Labute approximate surface area is 145 Å². The van der Waals surface area contributed by atoms with Crippen LogP contribution >= 0.6 is 0 Å². The summed E-state index contributed by atoms with van der Waals surface area (Å²) < 4.78 is 62.8. The van der Waals surface area contributed by atoms with E-state index in [9.17, 15) is 26.7 Å². The minimum atomic E-state index is -4.29. The summed E-state index contributed by atoms with van der Waals surface area (Å²) in [4.78, 5) is 1.64. The highest BCUT2D eigenvalue weighted by molar-refractivity contribution is 7.88. The average molecular weight is 378 g/mol. The van der Waals surface area contributed by atoms with Gasteiger partial charge in [-0.25, -0.2) is 8.42 Å². The number of rotatable bonds is 5. The molecule has 1 aromatic carbocycles. The highest BCUT2D eigenvalue weighted by Gasteiger charge is 2.66. The number of aliphatic hydroxyl groups is 1. The lowest BCUT2D eigenvalue weighted by Gasteiger charge is -2.70. The number of hydrogen-bond acceptors (Lipinski definition) is 4. The van der Waals surface area contributed by atoms with Crippen LogP contribution in [0.4, 0.5) is 13.2 Å². The molecule has 1 spiro atoms. The van der Waals surface area contributed by atoms with Crippen LogP contribution in [-0.2, 0) is 10.0 Å². The summed E-state index contributed by atoms with van der Waals surface area (Å²) in [6, 6.07) is 8.82. The van der Waals surface area contributed by atoms with Crippen molar-refractivity contribution < 1.29 is 26.7 Å². The van der Waals surface area contributed by atoms with Crippen molar-refractivity contribution in [3.05, 3.63) is 35.9 Å². The zero-order chi connectivity index (χ0) is 18.5. The van der Waals surface area contributed by atoms with Crippen LogP contribution in [0.3, 0.4) is 0 Å². The highest BCUT2D eigenvalue weighted by atomic mass is 32.2. The fourth-order valence-electron chi connectivity index (χ4n) is 4.17. The Bertz CT molecular complexity index is 718. The molecular weight excluding hydrogens is 357 g/mol. The second kappa shape index (κ2) is 6.22. The first kappa shape index (κ1) is 18.6. The normalized spacial score (nSPS) is 27.1. The molecule has 0 radical (unpaired) electrons. The summed E-state index contributed by atoms with van der Waals surface area (Å²) in [5.74, 6) is -0.190. The maximum atomic E-state index is 12.7. The number of alkyl halides is 3. The Morgan fingerprint density at radius 3 is 2.32 bits per heavy atom. The summed E-state index contributed by atoms with van der Waals surface area (Å²) in [5, 5.41) is 9.74. The van der Waals surface area contributed by atoms with E-state index in [0.717, 1.165) is 11.8 Å². The van der Waals surface area contributed by atoms with Gasteiger partial charge in [0.1, 0.15) is 0 Å². The third-order valence-corrected chi connectivity index (χ3v) is 6.48. The van der Waals surface area contributed by atoms with Crippen molar-refractivity contribution in [2.24, 2.45) is 0 Å². The van der Waals surface area contributed by atoms with Crippen LogP contribution in [0.1, 0.15) is 17.9 Å². The van der Waals surface area contributed by atoms with Gasteiger partial charge in [-0.05, 0) is 5.56 Å². The van der Waals surface area contributed by atoms with Crippen molar-refractivity contribution in [3.8, 4) is 0 Å². The SMILES string of the molecule is CS(=O)(=O)N1CC2(C1)[C@H](c1ccccc1)[C@@H](CO)N2CCC(F)(F)F. The number of sulfonamides is 1. The second-order valence-corrected chi connectivity index (χ2v) is 8.81. The summed E-state index contributed by atoms with van der Waals surface area (Å²) in [6.07, 6.45) is -4.18. The molecule has 1 N–H and O–H groups in total. The van der Waals surface area contributed by atoms with Gasteiger partial charge in [-0.1, -0.05) is 30.3 Å². The maximum Gasteiger partial charge on any atom is 0.390 e. The van der Waals surface area contributed by atoms with Crippen molar-refractivity contribution in [2.45, 2.75) is 30.1 Å². The third kappa shape index (κ3) is 3.30. The summed E-state index contributed by atoms with van der Waals surface area (Å²) >= 11 is 0. The van der Waals surface area contributed by atoms with Gasteiger partial charge in [-0.3, -0.25) is 4.90 Å². The largest absolute Gasteiger partial charge is 0.395 e. The molecule has 3 rings (SSSR count). The molecular formula is C16H21F3N2O3S. The molecule has 9 heteroatoms. The minimum Gasteiger partial charge on any atom is -0.395 e. The molecule has 0 unspecified atom stereocenters. The lowest BCUT2D eigenvalue weighted by atomic mass is 9.61. The van der Waals surface area contributed by atoms with E-state index in [1.54, 1.807) is 4.90 Å². The Morgan fingerprint density at radius 1 is 1.24 bits per heavy atom. The number of aliphatic hydroxyl groups excluding tert-OH is 1. The Kier molecular flexibility index (Phi) is 4.64. The number of likely N-dealkylation sites (tertiary alicyclic amines) is 1. The lowest BCUT2D eigenvalue weighted by molar-refractivity contribution is -0.194. The summed E-state index contributed by atoms with van der Waals surface area (Å²) in [5.41, 5.74) is 0.237. The lowest BCUT2D eigenvalue weighted by Crippen LogP contribution is -2.85. The standard InChI is InChI=1S/C16H21F3N2O3S/c1-25(23,24)20-10-15(11-20)14(12-5-3-2-4-6-12)13(9-22)21(15)8-7-16(17,18)19/h2-6,13-14,22H,7-11H2,1H3/t13-,14-/m1/s1. The van der Waals surface area contributed by atoms with Crippen LogP contribution in [0.15, 0.2) is 30.3 Å². The van der Waals surface area contributed by atoms with E-state index >= 15 is 0 Å². The van der Waals surface area contributed by atoms with Crippen LogP contribution < -0.4 is 0 Å². The van der Waals surface area contributed by atoms with E-state index in [4.69, 9.17) is 0 Å². The van der Waals surface area contributed by atoms with Crippen molar-refractivity contribution in [3.63, 3.8) is 0 Å². The Hall–Kier alpha value is -1.16. The van der Waals surface area contributed by atoms with Gasteiger partial charge in [0.25, 0.3) is 0 Å². The van der Waals surface area contributed by atoms with Crippen LogP contribution in [0.5, 0.6) is 0 Å². The number of benzene rings is 1. The van der Waals surface area contributed by atoms with Crippen LogP contribution in [0.2, 0.25) is 0 Å². The van der Waals surface area contributed by atoms with E-state index in [1.807, 2.05) is 30.3 Å². The smallest absolute Gasteiger partial charge is 0.390 e. The summed E-state index contributed by atoms with van der Waals surface area (Å²) in [6.45, 7) is -0.201. The zero-order valence-electron chi connectivity index (χ0n) is 13.8. The number of halogens is 3. The molecule has 2 saturated heterocycles. The molecule has 2 fully saturated rings. The molecule has 0 aliphatic carbocycles. The average Bonchev–Trinajstić information content (AvgIpc) is 2.43. The molecule has 0 saturated carbocycles. The van der Waals surface area contributed by atoms with Gasteiger partial charge in [0.05, 0.1) is 24.8 Å². The quantitative estimate of drug-likeness (QED) is 0.842. The molecule has 2 heterocycles. The Morgan fingerprint density at radius 2 is 1.84 bits per heavy atom. The molecule has 2 aliphatic heterocycles. The van der Waals surface area contributed by atoms with Crippen LogP contribution in [0.25, 0.3) is 0 Å². The van der Waals surface area contributed by atoms with E-state index in [0.29, 0.717) is 0 Å². The summed E-state index contributed by atoms with van der Waals surface area (Å²) in [7, 11) is -3.39. The van der Waals surface area contributed by atoms with Gasteiger partial charge in [-0.15, -0.1) is 0 Å². The van der Waals surface area contributed by atoms with Crippen molar-refractivity contribution in [2.75, 3.05) is 32.5 Å². The fraction of sp³-hybridized carbons (Fsp3) is 0.625. The van der Waals surface area contributed by atoms with Gasteiger partial charge >= 0.3 is 6.18 Å². The highest BCUT2D eigenvalue weighted by Crippen LogP contribution is 2.54. The van der Waals surface area contributed by atoms with Crippen molar-refractivity contribution in [1.29, 1.82) is 0 Å². The topological polar surface area (TPSA) is 60.9 Å². The molecule has 0 bridgehead atoms. The first-order valence-electron chi connectivity index (χ1n) is 8.03. The van der Waals surface area contributed by atoms with Crippen LogP contribution in [0, 0.1) is 0 Å². The Balaban J connectivity index is 1.87. The first-order chi connectivity index (χ1) is 11.6. The van der Waals surface area contributed by atoms with E-state index in [-0.39, 0.29) is 32.2 Å². The van der Waals surface area contributed by atoms with E-state index in [1.165, 1.54) is 4.31 Å². The van der Waals surface area contributed by atoms with Gasteiger partial charge in [0, 0.05) is 31.6 Å². The predicted octanol–water partition coefficient (Wildman–Crippen LogP) is 1.41. The monoisotopic (exact) mass is 378 g/mol.